The summed E-state index contributed by atoms with van der Waals surface area (Å²) in [7, 11) is -2.19. The number of nitrogens with zero attached hydrogens (tertiary/aromatic N) is 1. The highest BCUT2D eigenvalue weighted by Crippen LogP contribution is 2.45. The molecule has 3 unspecified atom stereocenters. The highest BCUT2D eigenvalue weighted by molar-refractivity contribution is 7.93. The van der Waals surface area contributed by atoms with Crippen LogP contribution < -0.4 is 10.6 Å². The van der Waals surface area contributed by atoms with Crippen LogP contribution in [0.15, 0.2) is 30.3 Å². The zero-order valence-electron chi connectivity index (χ0n) is 17.3. The van der Waals surface area contributed by atoms with Crippen LogP contribution in [0.2, 0.25) is 0 Å². The molecule has 2 heterocycles. The van der Waals surface area contributed by atoms with E-state index in [2.05, 4.69) is 10.6 Å². The third-order valence-corrected chi connectivity index (χ3v) is 8.55. The molecule has 3 amide bonds. The summed E-state index contributed by atoms with van der Waals surface area (Å²) in [6.07, 6.45) is 0.114. The van der Waals surface area contributed by atoms with Gasteiger partial charge in [-0.1, -0.05) is 30.3 Å². The third-order valence-electron chi connectivity index (χ3n) is 5.75. The molecule has 2 aliphatic heterocycles. The number of methoxy groups -OCH3 is 1. The number of fused-ring (bicyclic) bond motifs is 1. The summed E-state index contributed by atoms with van der Waals surface area (Å²) in [5, 5.41) is 4.41. The van der Waals surface area contributed by atoms with Gasteiger partial charge in [0.25, 0.3) is 0 Å². The van der Waals surface area contributed by atoms with Crippen molar-refractivity contribution in [1.82, 2.24) is 15.5 Å². The molecule has 1 aromatic carbocycles. The molecule has 0 saturated carbocycles. The summed E-state index contributed by atoms with van der Waals surface area (Å²) < 4.78 is 29.0. The predicted molar refractivity (Wildman–Crippen MR) is 109 cm³/mol. The Balaban J connectivity index is 1.81. The van der Waals surface area contributed by atoms with E-state index < -0.39 is 43.9 Å². The van der Waals surface area contributed by atoms with Gasteiger partial charge in [0.15, 0.2) is 9.84 Å². The Morgan fingerprint density at radius 1 is 1.27 bits per heavy atom. The van der Waals surface area contributed by atoms with E-state index in [1.54, 1.807) is 0 Å². The molecule has 2 saturated heterocycles. The summed E-state index contributed by atoms with van der Waals surface area (Å²) in [6.45, 7) is 3.48. The van der Waals surface area contributed by atoms with Gasteiger partial charge < -0.3 is 20.3 Å². The number of hydrogen-bond donors (Lipinski definition) is 2. The fraction of sp³-hybridized carbons (Fsp3) is 0.550. The van der Waals surface area contributed by atoms with Gasteiger partial charge in [0.05, 0.1) is 17.8 Å². The van der Waals surface area contributed by atoms with Crippen LogP contribution in [0.5, 0.6) is 0 Å². The van der Waals surface area contributed by atoms with Gasteiger partial charge in [0.1, 0.15) is 17.5 Å². The van der Waals surface area contributed by atoms with Crippen LogP contribution in [0.1, 0.15) is 25.8 Å². The fourth-order valence-electron chi connectivity index (χ4n) is 3.96. The van der Waals surface area contributed by atoms with Crippen LogP contribution in [0.25, 0.3) is 0 Å². The summed E-state index contributed by atoms with van der Waals surface area (Å²) in [5.74, 6) is -1.44. The molecule has 3 rings (SSSR count). The molecular weight excluding hydrogens is 410 g/mol. The van der Waals surface area contributed by atoms with Gasteiger partial charge in [-0.15, -0.1) is 0 Å². The molecule has 1 aromatic rings. The van der Waals surface area contributed by atoms with E-state index in [4.69, 9.17) is 4.74 Å². The number of amides is 3. The maximum atomic E-state index is 13.1. The highest BCUT2D eigenvalue weighted by atomic mass is 32.2. The first-order valence-electron chi connectivity index (χ1n) is 9.77. The van der Waals surface area contributed by atoms with E-state index in [1.165, 1.54) is 21.0 Å². The predicted octanol–water partition coefficient (Wildman–Crippen LogP) is -0.389. The zero-order valence-corrected chi connectivity index (χ0v) is 18.1. The summed E-state index contributed by atoms with van der Waals surface area (Å²) in [5.41, 5.74) is 0.834. The number of hydrogen-bond acceptors (Lipinski definition) is 6. The SMILES string of the molecule is COCCNC(=O)C(Cc1ccccc1)NC(=O)C1N2C(=O)CC2S(=O)(=O)C1(C)C. The molecule has 9 nitrogen and oxygen atoms in total. The van der Waals surface area contributed by atoms with Crippen molar-refractivity contribution in [3.8, 4) is 0 Å². The molecule has 0 radical (unpaired) electrons. The van der Waals surface area contributed by atoms with Crippen LogP contribution in [0.4, 0.5) is 0 Å². The van der Waals surface area contributed by atoms with Gasteiger partial charge in [-0.05, 0) is 19.4 Å². The molecule has 0 bridgehead atoms. The molecule has 2 fully saturated rings. The minimum Gasteiger partial charge on any atom is -0.383 e. The number of β-lactam (4-membered cyclic amide) rings is 1. The first-order chi connectivity index (χ1) is 14.1. The standard InChI is InChI=1S/C20H27N3O6S/c1-20(2)17(23-15(24)12-16(23)30(20,27)28)19(26)22-14(18(25)21-9-10-29-3)11-13-7-5-4-6-8-13/h4-8,14,16-17H,9-12H2,1-3H3,(H,21,25)(H,22,26). The third kappa shape index (κ3) is 3.81. The Labute approximate surface area is 176 Å². The van der Waals surface area contributed by atoms with Crippen LogP contribution in [-0.2, 0) is 35.4 Å². The molecule has 30 heavy (non-hydrogen) atoms. The Kier molecular flexibility index (Phi) is 6.19. The number of carbonyl (C=O) groups is 3. The number of nitrogens with one attached hydrogen (secondary N) is 2. The maximum absolute atomic E-state index is 13.1. The molecular formula is C20H27N3O6S. The van der Waals surface area contributed by atoms with Crippen LogP contribution in [0.3, 0.4) is 0 Å². The molecule has 0 aliphatic carbocycles. The fourth-order valence-corrected chi connectivity index (χ4v) is 6.10. The number of ether oxygens (including phenoxy) is 1. The second kappa shape index (κ2) is 8.35. The van der Waals surface area contributed by atoms with E-state index in [0.29, 0.717) is 6.61 Å². The molecule has 164 valence electrons. The smallest absolute Gasteiger partial charge is 0.245 e. The summed E-state index contributed by atoms with van der Waals surface area (Å²) >= 11 is 0. The van der Waals surface area contributed by atoms with E-state index in [-0.39, 0.29) is 25.3 Å². The highest BCUT2D eigenvalue weighted by Gasteiger charge is 2.67. The van der Waals surface area contributed by atoms with Gasteiger partial charge in [0.2, 0.25) is 17.7 Å². The van der Waals surface area contributed by atoms with E-state index in [0.717, 1.165) is 10.5 Å². The first-order valence-corrected chi connectivity index (χ1v) is 11.3. The number of benzene rings is 1. The second-order valence-corrected chi connectivity index (χ2v) is 10.7. The van der Waals surface area contributed by atoms with Crippen LogP contribution in [-0.4, -0.2) is 73.5 Å². The minimum absolute atomic E-state index is 0.111. The minimum atomic E-state index is -3.70. The number of rotatable bonds is 8. The number of carbonyl (C=O) groups excluding carboxylic acids is 3. The van der Waals surface area contributed by atoms with Crippen molar-refractivity contribution in [2.45, 2.75) is 48.9 Å². The Bertz CT molecular complexity index is 931. The van der Waals surface area contributed by atoms with Crippen molar-refractivity contribution >= 4 is 27.6 Å². The number of sulfone groups is 1. The monoisotopic (exact) mass is 437 g/mol. The lowest BCUT2D eigenvalue weighted by Crippen LogP contribution is -2.62. The van der Waals surface area contributed by atoms with Gasteiger partial charge >= 0.3 is 0 Å². The van der Waals surface area contributed by atoms with Crippen molar-refractivity contribution in [3.05, 3.63) is 35.9 Å². The summed E-state index contributed by atoms with van der Waals surface area (Å²) in [6, 6.07) is 7.06. The van der Waals surface area contributed by atoms with E-state index in [1.807, 2.05) is 30.3 Å². The van der Waals surface area contributed by atoms with Gasteiger partial charge in [-0.3, -0.25) is 14.4 Å². The van der Waals surface area contributed by atoms with E-state index in [9.17, 15) is 22.8 Å². The van der Waals surface area contributed by atoms with Crippen molar-refractivity contribution < 1.29 is 27.5 Å². The average Bonchev–Trinajstić information content (AvgIpc) is 2.82. The molecule has 3 atom stereocenters. The zero-order chi connectivity index (χ0) is 22.1. The lowest BCUT2D eigenvalue weighted by molar-refractivity contribution is -0.150. The van der Waals surface area contributed by atoms with Crippen LogP contribution >= 0.6 is 0 Å². The topological polar surface area (TPSA) is 122 Å². The van der Waals surface area contributed by atoms with Crippen molar-refractivity contribution in [2.75, 3.05) is 20.3 Å². The average molecular weight is 438 g/mol. The molecule has 0 aromatic heterocycles. The van der Waals surface area contributed by atoms with Crippen LogP contribution in [0, 0.1) is 0 Å². The summed E-state index contributed by atoms with van der Waals surface area (Å²) in [4.78, 5) is 39.1. The lowest BCUT2D eigenvalue weighted by Gasteiger charge is -2.37. The quantitative estimate of drug-likeness (QED) is 0.422. The van der Waals surface area contributed by atoms with Crippen molar-refractivity contribution in [3.63, 3.8) is 0 Å². The lowest BCUT2D eigenvalue weighted by atomic mass is 9.96. The maximum Gasteiger partial charge on any atom is 0.245 e. The Morgan fingerprint density at radius 2 is 1.93 bits per heavy atom. The largest absolute Gasteiger partial charge is 0.383 e. The van der Waals surface area contributed by atoms with Gasteiger partial charge in [-0.25, -0.2) is 8.42 Å². The first kappa shape index (κ1) is 22.2. The van der Waals surface area contributed by atoms with Crippen molar-refractivity contribution in [2.24, 2.45) is 0 Å². The molecule has 2 N–H and O–H groups in total. The van der Waals surface area contributed by atoms with Crippen molar-refractivity contribution in [1.29, 1.82) is 0 Å². The molecule has 2 aliphatic rings. The van der Waals surface area contributed by atoms with E-state index >= 15 is 0 Å². The Morgan fingerprint density at radius 3 is 2.53 bits per heavy atom. The molecule has 10 heteroatoms. The molecule has 0 spiro atoms. The van der Waals surface area contributed by atoms with Gasteiger partial charge in [-0.2, -0.15) is 0 Å². The Hall–Kier alpha value is -2.46. The normalized spacial score (nSPS) is 24.5. The van der Waals surface area contributed by atoms with Gasteiger partial charge in [0, 0.05) is 20.1 Å². The second-order valence-electron chi connectivity index (χ2n) is 8.05.